The molecular formula is C13H19BrN2. The molecule has 16 heavy (non-hydrogen) atoms. The topological polar surface area (TPSA) is 15.3 Å². The van der Waals surface area contributed by atoms with Crippen molar-refractivity contribution in [3.8, 4) is 0 Å². The van der Waals surface area contributed by atoms with Crippen molar-refractivity contribution in [3.05, 3.63) is 28.2 Å². The predicted octanol–water partition coefficient (Wildman–Crippen LogP) is 2.95. The lowest BCUT2D eigenvalue weighted by Gasteiger charge is -2.19. The number of hydrogen-bond acceptors (Lipinski definition) is 2. The van der Waals surface area contributed by atoms with Crippen molar-refractivity contribution in [1.29, 1.82) is 0 Å². The lowest BCUT2D eigenvalue weighted by Crippen LogP contribution is -2.32. The fourth-order valence-corrected chi connectivity index (χ4v) is 2.60. The summed E-state index contributed by atoms with van der Waals surface area (Å²) in [5.41, 5.74) is 2.63. The minimum absolute atomic E-state index is 0.657. The number of rotatable bonds is 3. The Labute approximate surface area is 106 Å². The smallest absolute Gasteiger partial charge is 0.0378 e. The van der Waals surface area contributed by atoms with Crippen LogP contribution in [0.3, 0.4) is 0 Å². The number of benzene rings is 1. The molecule has 0 aromatic heterocycles. The van der Waals surface area contributed by atoms with E-state index in [0.717, 1.165) is 19.6 Å². The molecule has 1 fully saturated rings. The fraction of sp³-hybridized carbons (Fsp3) is 0.538. The molecule has 1 aromatic rings. The van der Waals surface area contributed by atoms with E-state index in [-0.39, 0.29) is 0 Å². The van der Waals surface area contributed by atoms with E-state index in [1.165, 1.54) is 22.1 Å². The highest BCUT2D eigenvalue weighted by molar-refractivity contribution is 9.10. The minimum atomic E-state index is 0.657. The number of nitrogens with one attached hydrogen (secondary N) is 1. The second-order valence-electron chi connectivity index (χ2n) is 4.42. The van der Waals surface area contributed by atoms with Gasteiger partial charge in [0.25, 0.3) is 0 Å². The molecule has 88 valence electrons. The highest BCUT2D eigenvalue weighted by atomic mass is 79.9. The molecule has 1 N–H and O–H groups in total. The summed E-state index contributed by atoms with van der Waals surface area (Å²) in [7, 11) is 0. The second-order valence-corrected chi connectivity index (χ2v) is 5.28. The van der Waals surface area contributed by atoms with Gasteiger partial charge in [0.05, 0.1) is 0 Å². The Morgan fingerprint density at radius 1 is 1.50 bits per heavy atom. The molecule has 0 bridgehead atoms. The van der Waals surface area contributed by atoms with Crippen LogP contribution in [0.4, 0.5) is 5.69 Å². The maximum absolute atomic E-state index is 3.60. The number of halogens is 1. The largest absolute Gasteiger partial charge is 0.370 e. The molecule has 0 radical (unpaired) electrons. The van der Waals surface area contributed by atoms with E-state index in [4.69, 9.17) is 0 Å². The molecule has 2 nitrogen and oxygen atoms in total. The fourth-order valence-electron chi connectivity index (χ4n) is 2.23. The average Bonchev–Trinajstić information content (AvgIpc) is 2.71. The number of anilines is 1. The molecule has 0 amide bonds. The molecule has 1 aliphatic rings. The molecule has 1 heterocycles. The molecule has 1 unspecified atom stereocenters. The molecule has 0 saturated carbocycles. The summed E-state index contributed by atoms with van der Waals surface area (Å²) in [6.07, 6.45) is 1.25. The molecule has 0 aliphatic carbocycles. The van der Waals surface area contributed by atoms with Crippen LogP contribution in [0.5, 0.6) is 0 Å². The van der Waals surface area contributed by atoms with Crippen molar-refractivity contribution in [3.63, 3.8) is 0 Å². The summed E-state index contributed by atoms with van der Waals surface area (Å²) in [6.45, 7) is 7.65. The van der Waals surface area contributed by atoms with Crippen molar-refractivity contribution in [1.82, 2.24) is 5.32 Å². The van der Waals surface area contributed by atoms with Gasteiger partial charge in [-0.2, -0.15) is 0 Å². The summed E-state index contributed by atoms with van der Waals surface area (Å²) in [4.78, 5) is 2.46. The maximum Gasteiger partial charge on any atom is 0.0378 e. The van der Waals surface area contributed by atoms with Crippen LogP contribution >= 0.6 is 15.9 Å². The quantitative estimate of drug-likeness (QED) is 0.917. The zero-order valence-electron chi connectivity index (χ0n) is 9.96. The van der Waals surface area contributed by atoms with E-state index in [2.05, 4.69) is 58.2 Å². The van der Waals surface area contributed by atoms with Gasteiger partial charge in [-0.25, -0.2) is 0 Å². The summed E-state index contributed by atoms with van der Waals surface area (Å²) in [5, 5.41) is 3.52. The molecule has 3 heteroatoms. The van der Waals surface area contributed by atoms with Crippen LogP contribution in [0, 0.1) is 6.92 Å². The Balaban J connectivity index is 2.05. The van der Waals surface area contributed by atoms with Crippen LogP contribution in [-0.4, -0.2) is 25.7 Å². The van der Waals surface area contributed by atoms with Crippen LogP contribution in [0.1, 0.15) is 18.9 Å². The van der Waals surface area contributed by atoms with E-state index < -0.39 is 0 Å². The summed E-state index contributed by atoms with van der Waals surface area (Å²) in [5.74, 6) is 0. The number of hydrogen-bond donors (Lipinski definition) is 1. The van der Waals surface area contributed by atoms with Gasteiger partial charge in [-0.1, -0.05) is 28.9 Å². The Morgan fingerprint density at radius 3 is 3.00 bits per heavy atom. The third-order valence-electron chi connectivity index (χ3n) is 3.20. The normalized spacial score (nSPS) is 20.4. The molecule has 2 rings (SSSR count). The van der Waals surface area contributed by atoms with E-state index in [1.54, 1.807) is 0 Å². The Morgan fingerprint density at radius 2 is 2.31 bits per heavy atom. The van der Waals surface area contributed by atoms with Gasteiger partial charge in [-0.15, -0.1) is 0 Å². The van der Waals surface area contributed by atoms with Gasteiger partial charge in [0, 0.05) is 29.3 Å². The monoisotopic (exact) mass is 282 g/mol. The van der Waals surface area contributed by atoms with Gasteiger partial charge in [0.2, 0.25) is 0 Å². The number of aryl methyl sites for hydroxylation is 1. The Hall–Kier alpha value is -0.540. The van der Waals surface area contributed by atoms with Crippen LogP contribution in [-0.2, 0) is 0 Å². The van der Waals surface area contributed by atoms with Crippen molar-refractivity contribution in [2.75, 3.05) is 24.5 Å². The van der Waals surface area contributed by atoms with Gasteiger partial charge in [-0.3, -0.25) is 0 Å². The highest BCUT2D eigenvalue weighted by Crippen LogP contribution is 2.26. The molecule has 1 aromatic carbocycles. The first kappa shape index (κ1) is 11.9. The van der Waals surface area contributed by atoms with Gasteiger partial charge in [0.15, 0.2) is 0 Å². The first-order valence-corrected chi connectivity index (χ1v) is 6.74. The van der Waals surface area contributed by atoms with Crippen LogP contribution in [0.25, 0.3) is 0 Å². The van der Waals surface area contributed by atoms with Gasteiger partial charge in [-0.05, 0) is 37.6 Å². The van der Waals surface area contributed by atoms with Crippen molar-refractivity contribution < 1.29 is 0 Å². The van der Waals surface area contributed by atoms with Crippen LogP contribution in [0.2, 0.25) is 0 Å². The van der Waals surface area contributed by atoms with Crippen molar-refractivity contribution >= 4 is 21.6 Å². The van der Waals surface area contributed by atoms with Crippen molar-refractivity contribution in [2.45, 2.75) is 26.3 Å². The van der Waals surface area contributed by atoms with E-state index in [0.29, 0.717) is 6.04 Å². The third kappa shape index (κ3) is 2.58. The SMILES string of the molecule is CCNC1CCN(c2ccc(C)c(Br)c2)C1. The van der Waals surface area contributed by atoms with Gasteiger partial charge in [0.1, 0.15) is 0 Å². The number of likely N-dealkylation sites (N-methyl/N-ethyl adjacent to an activating group) is 1. The van der Waals surface area contributed by atoms with Gasteiger partial charge >= 0.3 is 0 Å². The third-order valence-corrected chi connectivity index (χ3v) is 4.06. The Bertz CT molecular complexity index is 365. The minimum Gasteiger partial charge on any atom is -0.370 e. The lowest BCUT2D eigenvalue weighted by atomic mass is 10.2. The van der Waals surface area contributed by atoms with Gasteiger partial charge < -0.3 is 10.2 Å². The first-order chi connectivity index (χ1) is 7.70. The zero-order valence-corrected chi connectivity index (χ0v) is 11.5. The van der Waals surface area contributed by atoms with E-state index in [9.17, 15) is 0 Å². The first-order valence-electron chi connectivity index (χ1n) is 5.95. The van der Waals surface area contributed by atoms with E-state index in [1.807, 2.05) is 0 Å². The summed E-state index contributed by atoms with van der Waals surface area (Å²) >= 11 is 3.60. The number of nitrogens with zero attached hydrogens (tertiary/aromatic N) is 1. The maximum atomic E-state index is 3.60. The van der Waals surface area contributed by atoms with E-state index >= 15 is 0 Å². The molecule has 1 atom stereocenters. The summed E-state index contributed by atoms with van der Waals surface area (Å²) < 4.78 is 1.21. The summed E-state index contributed by atoms with van der Waals surface area (Å²) in [6, 6.07) is 7.28. The zero-order chi connectivity index (χ0) is 11.5. The molecule has 1 aliphatic heterocycles. The molecular weight excluding hydrogens is 264 g/mol. The average molecular weight is 283 g/mol. The van der Waals surface area contributed by atoms with Crippen LogP contribution < -0.4 is 10.2 Å². The second kappa shape index (κ2) is 5.19. The van der Waals surface area contributed by atoms with Crippen molar-refractivity contribution in [2.24, 2.45) is 0 Å². The predicted molar refractivity (Wildman–Crippen MR) is 73.2 cm³/mol. The standard InChI is InChI=1S/C13H19BrN2/c1-3-15-11-6-7-16(9-11)12-5-4-10(2)13(14)8-12/h4-5,8,11,15H,3,6-7,9H2,1-2H3. The lowest BCUT2D eigenvalue weighted by molar-refractivity contribution is 0.572. The molecule has 0 spiro atoms. The van der Waals surface area contributed by atoms with Crippen LogP contribution in [0.15, 0.2) is 22.7 Å². The molecule has 1 saturated heterocycles. The highest BCUT2D eigenvalue weighted by Gasteiger charge is 2.21. The Kier molecular flexibility index (Phi) is 3.87.